The van der Waals surface area contributed by atoms with Gasteiger partial charge in [-0.3, -0.25) is 14.3 Å². The minimum atomic E-state index is -0.486. The maximum absolute atomic E-state index is 11.7. The fourth-order valence-corrected chi connectivity index (χ4v) is 1.78. The number of hydrogen-bond acceptors (Lipinski definition) is 5. The second-order valence-electron chi connectivity index (χ2n) is 5.01. The highest BCUT2D eigenvalue weighted by Crippen LogP contribution is 2.09. The molecule has 7 heteroatoms. The zero-order chi connectivity index (χ0) is 15.1. The van der Waals surface area contributed by atoms with Crippen molar-refractivity contribution in [3.05, 3.63) is 20.8 Å². The molecule has 0 aliphatic rings. The molecule has 0 fully saturated rings. The summed E-state index contributed by atoms with van der Waals surface area (Å²) in [5, 5.41) is 2.96. The van der Waals surface area contributed by atoms with Crippen LogP contribution in [0.5, 0.6) is 0 Å². The molecule has 1 rings (SSSR count). The van der Waals surface area contributed by atoms with E-state index in [0.29, 0.717) is 25.6 Å². The Kier molecular flexibility index (Phi) is 6.30. The van der Waals surface area contributed by atoms with E-state index in [0.717, 1.165) is 13.0 Å². The molecule has 0 aromatic carbocycles. The van der Waals surface area contributed by atoms with Gasteiger partial charge in [0, 0.05) is 26.3 Å². The van der Waals surface area contributed by atoms with Gasteiger partial charge in [-0.05, 0) is 19.3 Å². The van der Waals surface area contributed by atoms with E-state index in [4.69, 9.17) is 10.5 Å². The van der Waals surface area contributed by atoms with Gasteiger partial charge >= 0.3 is 5.69 Å². The van der Waals surface area contributed by atoms with Crippen molar-refractivity contribution in [3.8, 4) is 0 Å². The Morgan fingerprint density at radius 1 is 1.40 bits per heavy atom. The topological polar surface area (TPSA) is 102 Å². The summed E-state index contributed by atoms with van der Waals surface area (Å²) in [5.74, 6) is 0.680. The third-order valence-electron chi connectivity index (χ3n) is 2.77. The predicted octanol–water partition coefficient (Wildman–Crippen LogP) is 0.613. The van der Waals surface area contributed by atoms with Gasteiger partial charge in [-0.1, -0.05) is 13.8 Å². The van der Waals surface area contributed by atoms with Crippen LogP contribution in [0.2, 0.25) is 0 Å². The van der Waals surface area contributed by atoms with Gasteiger partial charge in [-0.25, -0.2) is 4.79 Å². The van der Waals surface area contributed by atoms with Crippen LogP contribution in [0.4, 0.5) is 11.5 Å². The van der Waals surface area contributed by atoms with Crippen molar-refractivity contribution in [1.29, 1.82) is 0 Å². The van der Waals surface area contributed by atoms with Gasteiger partial charge in [0.2, 0.25) is 0 Å². The molecule has 1 heterocycles. The fraction of sp³-hybridized carbons (Fsp3) is 0.692. The number of aromatic nitrogens is 2. The number of rotatable bonds is 8. The van der Waals surface area contributed by atoms with E-state index >= 15 is 0 Å². The fourth-order valence-electron chi connectivity index (χ4n) is 1.78. The van der Waals surface area contributed by atoms with Crippen molar-refractivity contribution in [1.82, 2.24) is 9.55 Å². The first-order chi connectivity index (χ1) is 9.47. The smallest absolute Gasteiger partial charge is 0.330 e. The molecule has 0 spiro atoms. The second-order valence-corrected chi connectivity index (χ2v) is 5.01. The number of hydrogen-bond donors (Lipinski definition) is 3. The summed E-state index contributed by atoms with van der Waals surface area (Å²) in [4.78, 5) is 25.4. The van der Waals surface area contributed by atoms with E-state index in [2.05, 4.69) is 24.1 Å². The molecule has 4 N–H and O–H groups in total. The number of ether oxygens (including phenoxy) is 1. The minimum Gasteiger partial charge on any atom is -0.383 e. The number of nitrogens with zero attached hydrogens (tertiary/aromatic N) is 1. The van der Waals surface area contributed by atoms with Gasteiger partial charge in [-0.2, -0.15) is 0 Å². The lowest BCUT2D eigenvalue weighted by Gasteiger charge is -2.12. The zero-order valence-corrected chi connectivity index (χ0v) is 12.4. The molecule has 0 aliphatic heterocycles. The van der Waals surface area contributed by atoms with Crippen LogP contribution in [0, 0.1) is 5.92 Å². The number of aromatic amines is 1. The quantitative estimate of drug-likeness (QED) is 0.607. The molecular formula is C13H24N4O3. The van der Waals surface area contributed by atoms with Crippen LogP contribution < -0.4 is 22.3 Å². The Bertz CT molecular complexity index is 533. The van der Waals surface area contributed by atoms with Crippen molar-refractivity contribution >= 4 is 11.5 Å². The SMILES string of the molecule is CCn1c(N)c(NCCCOCC(C)C)c(=O)[nH]c1=O. The molecule has 0 amide bonds. The van der Waals surface area contributed by atoms with E-state index in [1.807, 2.05) is 0 Å². The Morgan fingerprint density at radius 2 is 2.10 bits per heavy atom. The molecular weight excluding hydrogens is 260 g/mol. The summed E-state index contributed by atoms with van der Waals surface area (Å²) < 4.78 is 6.76. The first kappa shape index (κ1) is 16.3. The highest BCUT2D eigenvalue weighted by Gasteiger charge is 2.10. The highest BCUT2D eigenvalue weighted by atomic mass is 16.5. The molecule has 7 nitrogen and oxygen atoms in total. The number of nitrogen functional groups attached to an aromatic ring is 1. The summed E-state index contributed by atoms with van der Waals surface area (Å²) in [7, 11) is 0. The van der Waals surface area contributed by atoms with Crippen molar-refractivity contribution in [2.75, 3.05) is 30.8 Å². The molecule has 0 radical (unpaired) electrons. The summed E-state index contributed by atoms with van der Waals surface area (Å²) in [6.45, 7) is 8.29. The first-order valence-electron chi connectivity index (χ1n) is 6.91. The van der Waals surface area contributed by atoms with E-state index in [-0.39, 0.29) is 11.5 Å². The molecule has 0 saturated carbocycles. The molecule has 0 bridgehead atoms. The molecule has 0 saturated heterocycles. The standard InChI is InChI=1S/C13H24N4O3/c1-4-17-11(14)10(12(18)16-13(17)19)15-6-5-7-20-8-9(2)3/h9,15H,4-8,14H2,1-3H3,(H,16,18,19). The number of H-pyrrole nitrogens is 1. The van der Waals surface area contributed by atoms with E-state index in [9.17, 15) is 9.59 Å². The maximum Gasteiger partial charge on any atom is 0.330 e. The predicted molar refractivity (Wildman–Crippen MR) is 80.2 cm³/mol. The first-order valence-corrected chi connectivity index (χ1v) is 6.91. The lowest BCUT2D eigenvalue weighted by Crippen LogP contribution is -2.33. The van der Waals surface area contributed by atoms with Gasteiger partial charge in [0.05, 0.1) is 0 Å². The monoisotopic (exact) mass is 284 g/mol. The van der Waals surface area contributed by atoms with Gasteiger partial charge < -0.3 is 15.8 Å². The minimum absolute atomic E-state index is 0.171. The number of anilines is 2. The molecule has 0 aliphatic carbocycles. The lowest BCUT2D eigenvalue weighted by molar-refractivity contribution is 0.110. The van der Waals surface area contributed by atoms with Crippen LogP contribution in [0.15, 0.2) is 9.59 Å². The van der Waals surface area contributed by atoms with Crippen molar-refractivity contribution in [2.24, 2.45) is 5.92 Å². The Balaban J connectivity index is 2.56. The Hall–Kier alpha value is -1.76. The molecule has 114 valence electrons. The maximum atomic E-state index is 11.7. The molecule has 20 heavy (non-hydrogen) atoms. The Morgan fingerprint density at radius 3 is 2.70 bits per heavy atom. The molecule has 1 aromatic rings. The van der Waals surface area contributed by atoms with Crippen molar-refractivity contribution in [2.45, 2.75) is 33.7 Å². The van der Waals surface area contributed by atoms with Crippen molar-refractivity contribution in [3.63, 3.8) is 0 Å². The van der Waals surface area contributed by atoms with E-state index in [1.54, 1.807) is 6.92 Å². The number of nitrogens with one attached hydrogen (secondary N) is 2. The molecule has 0 unspecified atom stereocenters. The van der Waals surface area contributed by atoms with Crippen LogP contribution in [0.25, 0.3) is 0 Å². The van der Waals surface area contributed by atoms with Gasteiger partial charge in [-0.15, -0.1) is 0 Å². The van der Waals surface area contributed by atoms with Crippen molar-refractivity contribution < 1.29 is 4.74 Å². The van der Waals surface area contributed by atoms with Gasteiger partial charge in [0.1, 0.15) is 11.5 Å². The van der Waals surface area contributed by atoms with Crippen LogP contribution in [-0.4, -0.2) is 29.3 Å². The average Bonchev–Trinajstić information content (AvgIpc) is 2.36. The third-order valence-corrected chi connectivity index (χ3v) is 2.77. The van der Waals surface area contributed by atoms with Gasteiger partial charge in [0.15, 0.2) is 0 Å². The summed E-state index contributed by atoms with van der Waals surface area (Å²) in [6.07, 6.45) is 0.761. The number of nitrogens with two attached hydrogens (primary N) is 1. The van der Waals surface area contributed by atoms with E-state index in [1.165, 1.54) is 4.57 Å². The second kappa shape index (κ2) is 7.74. The zero-order valence-electron chi connectivity index (χ0n) is 12.4. The largest absolute Gasteiger partial charge is 0.383 e. The van der Waals surface area contributed by atoms with Crippen LogP contribution in [0.3, 0.4) is 0 Å². The lowest BCUT2D eigenvalue weighted by atomic mass is 10.2. The normalized spacial score (nSPS) is 11.0. The van der Waals surface area contributed by atoms with E-state index < -0.39 is 11.2 Å². The highest BCUT2D eigenvalue weighted by molar-refractivity contribution is 5.60. The summed E-state index contributed by atoms with van der Waals surface area (Å²) in [5.41, 5.74) is 5.10. The summed E-state index contributed by atoms with van der Waals surface area (Å²) in [6, 6.07) is 0. The van der Waals surface area contributed by atoms with Gasteiger partial charge in [0.25, 0.3) is 5.56 Å². The molecule has 1 aromatic heterocycles. The average molecular weight is 284 g/mol. The van der Waals surface area contributed by atoms with Crippen LogP contribution >= 0.6 is 0 Å². The van der Waals surface area contributed by atoms with Crippen LogP contribution in [0.1, 0.15) is 27.2 Å². The third kappa shape index (κ3) is 4.41. The Labute approximate surface area is 118 Å². The molecule has 0 atom stereocenters. The summed E-state index contributed by atoms with van der Waals surface area (Å²) >= 11 is 0. The van der Waals surface area contributed by atoms with Crippen LogP contribution in [-0.2, 0) is 11.3 Å².